The summed E-state index contributed by atoms with van der Waals surface area (Å²) in [4.78, 5) is -4.58. The molecule has 0 N–H and O–H groups in total. The largest absolute Gasteiger partial charge is 0.419 e. The van der Waals surface area contributed by atoms with E-state index in [9.17, 15) is 30.7 Å². The van der Waals surface area contributed by atoms with Crippen molar-refractivity contribution in [1.29, 1.82) is 0 Å². The summed E-state index contributed by atoms with van der Waals surface area (Å²) < 4.78 is 81.7. The third-order valence-corrected chi connectivity index (χ3v) is 2.55. The molecule has 0 aromatic rings. The van der Waals surface area contributed by atoms with Gasteiger partial charge >= 0.3 is 22.1 Å². The van der Waals surface area contributed by atoms with Crippen LogP contribution in [0.5, 0.6) is 0 Å². The molecule has 0 fully saturated rings. The number of hydrogen-bond acceptors (Lipinski definition) is 1. The zero-order chi connectivity index (χ0) is 11.8. The van der Waals surface area contributed by atoms with E-state index in [1.54, 1.807) is 0 Å². The van der Waals surface area contributed by atoms with Crippen molar-refractivity contribution >= 4 is 31.9 Å². The number of ether oxygens (including phenoxy) is 1. The summed E-state index contributed by atoms with van der Waals surface area (Å²) >= 11 is 2.75. The predicted octanol–water partition coefficient (Wildman–Crippen LogP) is 3.87. The highest BCUT2D eigenvalue weighted by molar-refractivity contribution is 9.12. The predicted molar refractivity (Wildman–Crippen MR) is 38.7 cm³/mol. The molecule has 0 bridgehead atoms. The molecule has 0 spiro atoms. The fraction of sp³-hybridized carbons (Fsp3) is 1.00. The van der Waals surface area contributed by atoms with Crippen LogP contribution in [0.1, 0.15) is 0 Å². The lowest BCUT2D eigenvalue weighted by atomic mass is 10.6. The van der Waals surface area contributed by atoms with E-state index < -0.39 is 22.1 Å². The van der Waals surface area contributed by atoms with E-state index >= 15 is 0 Å². The Morgan fingerprint density at radius 3 is 1.50 bits per heavy atom. The molecule has 1 unspecified atom stereocenters. The van der Waals surface area contributed by atoms with Crippen molar-refractivity contribution in [2.75, 3.05) is 0 Å². The number of hydrogen-bond donors (Lipinski definition) is 0. The molecule has 0 aliphatic heterocycles. The average Bonchev–Trinajstić information content (AvgIpc) is 1.80. The van der Waals surface area contributed by atoms with Crippen LogP contribution < -0.4 is 0 Å². The maximum atomic E-state index is 12.5. The van der Waals surface area contributed by atoms with Gasteiger partial charge in [-0.1, -0.05) is 0 Å². The first-order valence-corrected chi connectivity index (χ1v) is 4.29. The van der Waals surface area contributed by atoms with Crippen LogP contribution in [-0.2, 0) is 4.74 Å². The molecule has 0 saturated carbocycles. The van der Waals surface area contributed by atoms with Crippen molar-refractivity contribution in [3.05, 3.63) is 0 Å². The van der Waals surface area contributed by atoms with E-state index in [1.807, 2.05) is 0 Å². The maximum absolute atomic E-state index is 12.5. The first-order chi connectivity index (χ1) is 5.90. The normalized spacial score (nSPS) is 18.4. The van der Waals surface area contributed by atoms with Crippen molar-refractivity contribution in [2.24, 2.45) is 0 Å². The highest BCUT2D eigenvalue weighted by atomic mass is 79.9. The lowest BCUT2D eigenvalue weighted by Gasteiger charge is -2.27. The van der Waals surface area contributed by atoms with Crippen LogP contribution in [0.2, 0.25) is 0 Å². The van der Waals surface area contributed by atoms with Gasteiger partial charge in [-0.25, -0.2) is 8.78 Å². The topological polar surface area (TPSA) is 9.23 Å². The van der Waals surface area contributed by atoms with Gasteiger partial charge in [-0.3, -0.25) is 4.74 Å². The minimum absolute atomic E-state index is 1.34. The Bertz CT molecular complexity index is 200. The molecule has 0 radical (unpaired) electrons. The summed E-state index contributed by atoms with van der Waals surface area (Å²) in [7, 11) is 0. The van der Waals surface area contributed by atoms with Crippen molar-refractivity contribution in [2.45, 2.75) is 22.1 Å². The maximum Gasteiger partial charge on any atom is 0.419 e. The van der Waals surface area contributed by atoms with Gasteiger partial charge in [0, 0.05) is 0 Å². The second kappa shape index (κ2) is 4.12. The summed E-state index contributed by atoms with van der Waals surface area (Å²) in [5.41, 5.74) is 0. The Kier molecular flexibility index (Phi) is 4.25. The molecule has 0 rings (SSSR count). The molecule has 0 aliphatic rings. The fourth-order valence-electron chi connectivity index (χ4n) is 0.273. The molecule has 1 nitrogen and oxygen atoms in total. The Morgan fingerprint density at radius 1 is 0.929 bits per heavy atom. The van der Waals surface area contributed by atoms with Gasteiger partial charge in [-0.05, 0) is 31.9 Å². The quantitative estimate of drug-likeness (QED) is 0.548. The van der Waals surface area contributed by atoms with Gasteiger partial charge in [-0.15, -0.1) is 0 Å². The molecule has 0 aromatic heterocycles. The van der Waals surface area contributed by atoms with Gasteiger partial charge in [0.05, 0.1) is 0 Å². The van der Waals surface area contributed by atoms with E-state index in [0.29, 0.717) is 0 Å². The smallest absolute Gasteiger partial charge is 0.263 e. The van der Waals surface area contributed by atoms with Crippen LogP contribution in [-0.4, -0.2) is 22.1 Å². The van der Waals surface area contributed by atoms with Crippen molar-refractivity contribution in [1.82, 2.24) is 0 Å². The molecule has 86 valence electrons. The third kappa shape index (κ3) is 3.54. The summed E-state index contributed by atoms with van der Waals surface area (Å²) in [6.07, 6.45) is -9.75. The lowest BCUT2D eigenvalue weighted by molar-refractivity contribution is -0.364. The van der Waals surface area contributed by atoms with Gasteiger partial charge in [0.2, 0.25) is 0 Å². The SMILES string of the molecule is FC(F)C(F)(F)OC(F)(Br)C(F)(F)Br. The van der Waals surface area contributed by atoms with Gasteiger partial charge in [0.15, 0.2) is 0 Å². The first kappa shape index (κ1) is 14.4. The minimum Gasteiger partial charge on any atom is -0.263 e. The van der Waals surface area contributed by atoms with Crippen LogP contribution in [0.4, 0.5) is 30.7 Å². The van der Waals surface area contributed by atoms with Crippen molar-refractivity contribution < 1.29 is 35.5 Å². The van der Waals surface area contributed by atoms with Gasteiger partial charge in [-0.2, -0.15) is 22.0 Å². The molecule has 10 heteroatoms. The molecule has 0 saturated heterocycles. The molecular formula is C4HBr2F7O. The zero-order valence-corrected chi connectivity index (χ0v) is 9.06. The molecule has 0 heterocycles. The Balaban J connectivity index is 4.67. The summed E-state index contributed by atoms with van der Waals surface area (Å²) in [6.45, 7) is 0. The van der Waals surface area contributed by atoms with E-state index in [-0.39, 0.29) is 0 Å². The van der Waals surface area contributed by atoms with E-state index in [4.69, 9.17) is 0 Å². The second-order valence-electron chi connectivity index (χ2n) is 1.98. The zero-order valence-electron chi connectivity index (χ0n) is 5.89. The standard InChI is InChI=1S/C4HBr2F7O/c5-3(11,12)4(6,13)14-2(9,10)1(7)8/h1H. The molecule has 1 atom stereocenters. The fourth-order valence-corrected chi connectivity index (χ4v) is 0.570. The van der Waals surface area contributed by atoms with Crippen LogP contribution in [0.15, 0.2) is 0 Å². The van der Waals surface area contributed by atoms with Crippen molar-refractivity contribution in [3.63, 3.8) is 0 Å². The molecular weight excluding hydrogens is 357 g/mol. The summed E-state index contributed by atoms with van der Waals surface area (Å²) in [6, 6.07) is 0. The number of rotatable bonds is 4. The number of alkyl halides is 9. The second-order valence-corrected chi connectivity index (χ2v) is 4.00. The molecule has 0 amide bonds. The van der Waals surface area contributed by atoms with Gasteiger partial charge in [0.1, 0.15) is 0 Å². The van der Waals surface area contributed by atoms with Crippen LogP contribution >= 0.6 is 31.9 Å². The van der Waals surface area contributed by atoms with E-state index in [0.717, 1.165) is 0 Å². The van der Waals surface area contributed by atoms with E-state index in [2.05, 4.69) is 4.74 Å². The first-order valence-electron chi connectivity index (χ1n) is 2.71. The highest BCUT2D eigenvalue weighted by Gasteiger charge is 2.60. The minimum atomic E-state index is -5.32. The monoisotopic (exact) mass is 356 g/mol. The molecule has 14 heavy (non-hydrogen) atoms. The van der Waals surface area contributed by atoms with Gasteiger partial charge < -0.3 is 0 Å². The van der Waals surface area contributed by atoms with Crippen molar-refractivity contribution in [3.8, 4) is 0 Å². The summed E-state index contributed by atoms with van der Waals surface area (Å²) in [5, 5.41) is 0. The molecule has 0 aliphatic carbocycles. The Hall–Kier alpha value is 0.430. The highest BCUT2D eigenvalue weighted by Crippen LogP contribution is 2.47. The average molecular weight is 358 g/mol. The Morgan fingerprint density at radius 2 is 1.29 bits per heavy atom. The molecule has 0 aromatic carbocycles. The van der Waals surface area contributed by atoms with Crippen LogP contribution in [0.25, 0.3) is 0 Å². The number of halogens is 9. The van der Waals surface area contributed by atoms with Gasteiger partial charge in [0.25, 0.3) is 0 Å². The van der Waals surface area contributed by atoms with Crippen LogP contribution in [0, 0.1) is 0 Å². The third-order valence-electron chi connectivity index (χ3n) is 0.848. The summed E-state index contributed by atoms with van der Waals surface area (Å²) in [5.74, 6) is 0. The lowest BCUT2D eigenvalue weighted by Crippen LogP contribution is -2.45. The van der Waals surface area contributed by atoms with E-state index in [1.165, 1.54) is 31.9 Å². The Labute approximate surface area is 89.8 Å². The van der Waals surface area contributed by atoms with Crippen LogP contribution in [0.3, 0.4) is 0 Å².